The van der Waals surface area contributed by atoms with Crippen molar-refractivity contribution in [1.29, 1.82) is 0 Å². The van der Waals surface area contributed by atoms with E-state index in [0.717, 1.165) is 0 Å². The van der Waals surface area contributed by atoms with Crippen LogP contribution in [0.1, 0.15) is 25.3 Å². The van der Waals surface area contributed by atoms with Gasteiger partial charge in [-0.15, -0.1) is 0 Å². The molecule has 2 rings (SSSR count). The monoisotopic (exact) mass is 221 g/mol. The maximum absolute atomic E-state index is 13.0. The Hall–Kier alpha value is -1.75. The molecular weight excluding hydrogens is 209 g/mol. The fraction of sp³-hybridized carbons (Fsp3) is 0.273. The summed E-state index contributed by atoms with van der Waals surface area (Å²) in [5, 5.41) is 3.76. The molecule has 84 valence electrons. The van der Waals surface area contributed by atoms with Gasteiger partial charge >= 0.3 is 0 Å². The number of nitrogens with zero attached hydrogens (tertiary/aromatic N) is 2. The first-order valence-corrected chi connectivity index (χ1v) is 5.06. The van der Waals surface area contributed by atoms with Crippen LogP contribution in [0.4, 0.5) is 4.39 Å². The van der Waals surface area contributed by atoms with Gasteiger partial charge in [0.1, 0.15) is 5.82 Å². The lowest BCUT2D eigenvalue weighted by molar-refractivity contribution is 0.352. The second-order valence-electron chi connectivity index (χ2n) is 3.48. The van der Waals surface area contributed by atoms with Crippen LogP contribution in [0.25, 0.3) is 11.4 Å². The Morgan fingerprint density at radius 2 is 2.31 bits per heavy atom. The number of halogens is 1. The quantitative estimate of drug-likeness (QED) is 0.863. The van der Waals surface area contributed by atoms with E-state index in [2.05, 4.69) is 10.1 Å². The second kappa shape index (κ2) is 4.40. The highest BCUT2D eigenvalue weighted by atomic mass is 19.1. The molecule has 2 aromatic rings. The molecule has 1 aromatic heterocycles. The molecule has 0 aliphatic carbocycles. The lowest BCUT2D eigenvalue weighted by Gasteiger charge is -1.99. The molecule has 0 aliphatic heterocycles. The Balaban J connectivity index is 2.31. The predicted octanol–water partition coefficient (Wildman–Crippen LogP) is 2.29. The number of benzene rings is 1. The van der Waals surface area contributed by atoms with Crippen LogP contribution in [0.15, 0.2) is 28.8 Å². The number of hydrogen-bond donors (Lipinski definition) is 1. The largest absolute Gasteiger partial charge is 0.337 e. The molecule has 5 heteroatoms. The molecule has 4 nitrogen and oxygen atoms in total. The number of hydrogen-bond acceptors (Lipinski definition) is 4. The molecule has 1 heterocycles. The first kappa shape index (κ1) is 10.8. The summed E-state index contributed by atoms with van der Waals surface area (Å²) in [7, 11) is 0. The molecular formula is C11H12FN3O. The molecule has 16 heavy (non-hydrogen) atoms. The minimum atomic E-state index is -0.330. The zero-order valence-corrected chi connectivity index (χ0v) is 8.85. The molecule has 0 amide bonds. The predicted molar refractivity (Wildman–Crippen MR) is 56.9 cm³/mol. The molecule has 1 aromatic carbocycles. The molecule has 0 spiro atoms. The molecule has 0 aliphatic rings. The van der Waals surface area contributed by atoms with Crippen molar-refractivity contribution in [3.63, 3.8) is 0 Å². The van der Waals surface area contributed by atoms with E-state index in [1.807, 2.05) is 6.92 Å². The SMILES string of the molecule is CCC(N)c1nc(-c2cccc(F)c2)no1. The standard InChI is InChI=1S/C11H12FN3O/c1-2-9(13)11-14-10(15-16-11)7-4-3-5-8(12)6-7/h3-6,9H,2,13H2,1H3. The lowest BCUT2D eigenvalue weighted by Crippen LogP contribution is -2.08. The second-order valence-corrected chi connectivity index (χ2v) is 3.48. The van der Waals surface area contributed by atoms with E-state index < -0.39 is 0 Å². The Morgan fingerprint density at radius 3 is 3.00 bits per heavy atom. The Bertz CT molecular complexity index is 484. The van der Waals surface area contributed by atoms with Crippen molar-refractivity contribution in [1.82, 2.24) is 10.1 Å². The number of nitrogens with two attached hydrogens (primary N) is 1. The molecule has 0 saturated heterocycles. The van der Waals surface area contributed by atoms with Crippen LogP contribution in [0, 0.1) is 5.82 Å². The van der Waals surface area contributed by atoms with Crippen molar-refractivity contribution in [2.75, 3.05) is 0 Å². The molecule has 0 fully saturated rings. The Kier molecular flexibility index (Phi) is 2.96. The third-order valence-electron chi connectivity index (χ3n) is 2.28. The van der Waals surface area contributed by atoms with E-state index in [-0.39, 0.29) is 11.9 Å². The van der Waals surface area contributed by atoms with Gasteiger partial charge in [-0.1, -0.05) is 24.2 Å². The van der Waals surface area contributed by atoms with E-state index in [1.165, 1.54) is 12.1 Å². The van der Waals surface area contributed by atoms with Gasteiger partial charge < -0.3 is 10.3 Å². The fourth-order valence-electron chi connectivity index (χ4n) is 1.31. The summed E-state index contributed by atoms with van der Waals surface area (Å²) in [6.07, 6.45) is 0.713. The van der Waals surface area contributed by atoms with E-state index in [0.29, 0.717) is 23.7 Å². The van der Waals surface area contributed by atoms with Crippen molar-refractivity contribution < 1.29 is 8.91 Å². The van der Waals surface area contributed by atoms with Gasteiger partial charge in [-0.2, -0.15) is 4.98 Å². The minimum Gasteiger partial charge on any atom is -0.337 e. The van der Waals surface area contributed by atoms with Crippen LogP contribution in [0.2, 0.25) is 0 Å². The van der Waals surface area contributed by atoms with Crippen LogP contribution < -0.4 is 5.73 Å². The molecule has 0 radical (unpaired) electrons. The average molecular weight is 221 g/mol. The third kappa shape index (κ3) is 2.09. The van der Waals surface area contributed by atoms with Crippen LogP contribution in [-0.4, -0.2) is 10.1 Å². The van der Waals surface area contributed by atoms with E-state index in [4.69, 9.17) is 10.3 Å². The van der Waals surface area contributed by atoms with Crippen molar-refractivity contribution in [2.45, 2.75) is 19.4 Å². The van der Waals surface area contributed by atoms with Gasteiger partial charge in [0.05, 0.1) is 6.04 Å². The van der Waals surface area contributed by atoms with Crippen molar-refractivity contribution in [2.24, 2.45) is 5.73 Å². The van der Waals surface area contributed by atoms with Crippen molar-refractivity contribution in [3.05, 3.63) is 36.0 Å². The van der Waals surface area contributed by atoms with Crippen LogP contribution >= 0.6 is 0 Å². The first-order chi connectivity index (χ1) is 7.70. The molecule has 0 saturated carbocycles. The normalized spacial score (nSPS) is 12.7. The van der Waals surface area contributed by atoms with E-state index in [1.54, 1.807) is 12.1 Å². The summed E-state index contributed by atoms with van der Waals surface area (Å²) < 4.78 is 18.0. The zero-order chi connectivity index (χ0) is 11.5. The average Bonchev–Trinajstić information content (AvgIpc) is 2.77. The van der Waals surface area contributed by atoms with Crippen molar-refractivity contribution >= 4 is 0 Å². The van der Waals surface area contributed by atoms with Gasteiger partial charge in [0.2, 0.25) is 11.7 Å². The topological polar surface area (TPSA) is 64.9 Å². The molecule has 2 N–H and O–H groups in total. The Morgan fingerprint density at radius 1 is 1.50 bits per heavy atom. The fourth-order valence-corrected chi connectivity index (χ4v) is 1.31. The summed E-state index contributed by atoms with van der Waals surface area (Å²) in [6.45, 7) is 1.93. The maximum atomic E-state index is 13.0. The van der Waals surface area contributed by atoms with Gasteiger partial charge in [0.25, 0.3) is 0 Å². The summed E-state index contributed by atoms with van der Waals surface area (Å²) >= 11 is 0. The smallest absolute Gasteiger partial charge is 0.243 e. The van der Waals surface area contributed by atoms with E-state index >= 15 is 0 Å². The van der Waals surface area contributed by atoms with Crippen LogP contribution in [-0.2, 0) is 0 Å². The van der Waals surface area contributed by atoms with Gasteiger partial charge in [-0.3, -0.25) is 0 Å². The Labute approximate surface area is 92.3 Å². The number of rotatable bonds is 3. The summed E-state index contributed by atoms with van der Waals surface area (Å²) in [6, 6.07) is 5.76. The number of aromatic nitrogens is 2. The van der Waals surface area contributed by atoms with Gasteiger partial charge in [0.15, 0.2) is 0 Å². The van der Waals surface area contributed by atoms with Gasteiger partial charge in [0, 0.05) is 5.56 Å². The lowest BCUT2D eigenvalue weighted by atomic mass is 10.2. The highest BCUT2D eigenvalue weighted by molar-refractivity contribution is 5.53. The van der Waals surface area contributed by atoms with Gasteiger partial charge in [-0.25, -0.2) is 4.39 Å². The molecule has 1 unspecified atom stereocenters. The highest BCUT2D eigenvalue weighted by Crippen LogP contribution is 2.19. The van der Waals surface area contributed by atoms with Gasteiger partial charge in [-0.05, 0) is 18.6 Å². The minimum absolute atomic E-state index is 0.269. The van der Waals surface area contributed by atoms with Crippen molar-refractivity contribution in [3.8, 4) is 11.4 Å². The zero-order valence-electron chi connectivity index (χ0n) is 8.85. The van der Waals surface area contributed by atoms with Crippen LogP contribution in [0.3, 0.4) is 0 Å². The third-order valence-corrected chi connectivity index (χ3v) is 2.28. The van der Waals surface area contributed by atoms with Crippen LogP contribution in [0.5, 0.6) is 0 Å². The highest BCUT2D eigenvalue weighted by Gasteiger charge is 2.13. The summed E-state index contributed by atoms with van der Waals surface area (Å²) in [5.74, 6) is 0.406. The summed E-state index contributed by atoms with van der Waals surface area (Å²) in [4.78, 5) is 4.12. The first-order valence-electron chi connectivity index (χ1n) is 5.06. The summed E-state index contributed by atoms with van der Waals surface area (Å²) in [5.41, 5.74) is 6.33. The van der Waals surface area contributed by atoms with E-state index in [9.17, 15) is 4.39 Å². The molecule has 0 bridgehead atoms. The maximum Gasteiger partial charge on any atom is 0.243 e. The molecule has 1 atom stereocenters.